The van der Waals surface area contributed by atoms with E-state index in [2.05, 4.69) is 13.5 Å². The van der Waals surface area contributed by atoms with Gasteiger partial charge >= 0.3 is 0 Å². The van der Waals surface area contributed by atoms with E-state index in [1.165, 1.54) is 75.5 Å². The first-order chi connectivity index (χ1) is 14.6. The molecule has 162 valence electrons. The van der Waals surface area contributed by atoms with Crippen LogP contribution >= 0.6 is 0 Å². The molecule has 0 bridgehead atoms. The van der Waals surface area contributed by atoms with E-state index in [0.29, 0.717) is 16.7 Å². The molecule has 0 radical (unpaired) electrons. The average Bonchev–Trinajstić information content (AvgIpc) is 2.76. The van der Waals surface area contributed by atoms with Crippen molar-refractivity contribution in [3.8, 4) is 5.75 Å². The van der Waals surface area contributed by atoms with Gasteiger partial charge in [0.2, 0.25) is 0 Å². The lowest BCUT2D eigenvalue weighted by molar-refractivity contribution is 0.113. The maximum absolute atomic E-state index is 14.8. The summed E-state index contributed by atoms with van der Waals surface area (Å²) in [5, 5.41) is 1.04. The van der Waals surface area contributed by atoms with Crippen LogP contribution in [-0.2, 0) is 0 Å². The summed E-state index contributed by atoms with van der Waals surface area (Å²) in [5.41, 5.74) is 1.23. The molecule has 2 aromatic rings. The Morgan fingerprint density at radius 1 is 1.07 bits per heavy atom. The monoisotopic (exact) mass is 412 g/mol. The Hall–Kier alpha value is -1.90. The van der Waals surface area contributed by atoms with Crippen molar-refractivity contribution in [1.82, 2.24) is 0 Å². The van der Waals surface area contributed by atoms with Crippen LogP contribution in [0.25, 0.3) is 10.8 Å². The number of ether oxygens (including phenoxy) is 1. The molecule has 2 aromatic carbocycles. The quantitative estimate of drug-likeness (QED) is 0.417. The second kappa shape index (κ2) is 9.49. The SMILES string of the molecule is C=CCOc1c(F)cc2cc(C3CCC4CC(CCCC)CCC4C3)ccc2c1F. The fourth-order valence-electron chi connectivity index (χ4n) is 5.90. The fourth-order valence-corrected chi connectivity index (χ4v) is 5.90. The van der Waals surface area contributed by atoms with E-state index >= 15 is 0 Å². The highest BCUT2D eigenvalue weighted by Crippen LogP contribution is 2.48. The highest BCUT2D eigenvalue weighted by Gasteiger charge is 2.35. The van der Waals surface area contributed by atoms with Crippen LogP contribution in [0.5, 0.6) is 5.75 Å². The number of rotatable bonds is 7. The minimum Gasteiger partial charge on any atom is -0.483 e. The Kier molecular flexibility index (Phi) is 6.75. The first-order valence-electron chi connectivity index (χ1n) is 11.8. The molecule has 0 N–H and O–H groups in total. The molecule has 1 nitrogen and oxygen atoms in total. The molecular weight excluding hydrogens is 378 g/mol. The molecule has 2 fully saturated rings. The molecule has 2 aliphatic rings. The van der Waals surface area contributed by atoms with Crippen molar-refractivity contribution in [2.75, 3.05) is 6.61 Å². The molecule has 3 heteroatoms. The summed E-state index contributed by atoms with van der Waals surface area (Å²) in [6.07, 6.45) is 13.4. The normalized spacial score (nSPS) is 26.4. The predicted molar refractivity (Wildman–Crippen MR) is 120 cm³/mol. The Balaban J connectivity index is 1.49. The van der Waals surface area contributed by atoms with Crippen molar-refractivity contribution >= 4 is 10.8 Å². The molecule has 2 saturated carbocycles. The molecule has 0 saturated heterocycles. The molecule has 2 aliphatic carbocycles. The third-order valence-electron chi connectivity index (χ3n) is 7.52. The fraction of sp³-hybridized carbons (Fsp3) is 0.556. The zero-order chi connectivity index (χ0) is 21.1. The summed E-state index contributed by atoms with van der Waals surface area (Å²) >= 11 is 0. The van der Waals surface area contributed by atoms with E-state index in [1.54, 1.807) is 6.07 Å². The summed E-state index contributed by atoms with van der Waals surface area (Å²) in [6.45, 7) is 5.91. The second-order valence-corrected chi connectivity index (χ2v) is 9.43. The minimum absolute atomic E-state index is 0.0847. The Morgan fingerprint density at radius 2 is 1.87 bits per heavy atom. The summed E-state index contributed by atoms with van der Waals surface area (Å²) in [7, 11) is 0. The maximum Gasteiger partial charge on any atom is 0.191 e. The predicted octanol–water partition coefficient (Wildman–Crippen LogP) is 8.17. The van der Waals surface area contributed by atoms with Gasteiger partial charge in [-0.3, -0.25) is 0 Å². The third kappa shape index (κ3) is 4.40. The topological polar surface area (TPSA) is 9.23 Å². The lowest BCUT2D eigenvalue weighted by Gasteiger charge is -2.42. The van der Waals surface area contributed by atoms with E-state index < -0.39 is 11.6 Å². The third-order valence-corrected chi connectivity index (χ3v) is 7.52. The van der Waals surface area contributed by atoms with Crippen molar-refractivity contribution in [2.45, 2.75) is 70.6 Å². The zero-order valence-corrected chi connectivity index (χ0v) is 18.1. The molecule has 0 amide bonds. The van der Waals surface area contributed by atoms with Crippen molar-refractivity contribution in [2.24, 2.45) is 17.8 Å². The molecule has 0 heterocycles. The Bertz CT molecular complexity index is 890. The summed E-state index contributed by atoms with van der Waals surface area (Å²) in [4.78, 5) is 0. The Labute approximate surface area is 179 Å². The van der Waals surface area contributed by atoms with Gasteiger partial charge in [-0.15, -0.1) is 0 Å². The molecule has 4 atom stereocenters. The number of benzene rings is 2. The van der Waals surface area contributed by atoms with Gasteiger partial charge in [-0.05, 0) is 72.8 Å². The van der Waals surface area contributed by atoms with Crippen molar-refractivity contribution in [1.29, 1.82) is 0 Å². The molecule has 0 spiro atoms. The lowest BCUT2D eigenvalue weighted by atomic mass is 9.63. The summed E-state index contributed by atoms with van der Waals surface area (Å²) in [5.74, 6) is 1.57. The minimum atomic E-state index is -0.645. The van der Waals surface area contributed by atoms with Crippen molar-refractivity contribution in [3.05, 3.63) is 54.1 Å². The molecule has 0 aromatic heterocycles. The van der Waals surface area contributed by atoms with Crippen LogP contribution < -0.4 is 4.74 Å². The molecule has 0 aliphatic heterocycles. The van der Waals surface area contributed by atoms with Gasteiger partial charge in [0.15, 0.2) is 17.4 Å². The van der Waals surface area contributed by atoms with Crippen LogP contribution in [0.4, 0.5) is 8.78 Å². The van der Waals surface area contributed by atoms with Gasteiger partial charge in [0, 0.05) is 5.39 Å². The van der Waals surface area contributed by atoms with E-state index in [1.807, 2.05) is 12.1 Å². The van der Waals surface area contributed by atoms with Crippen LogP contribution in [0.15, 0.2) is 36.9 Å². The van der Waals surface area contributed by atoms with E-state index in [-0.39, 0.29) is 12.4 Å². The van der Waals surface area contributed by atoms with Gasteiger partial charge in [0.05, 0.1) is 0 Å². The van der Waals surface area contributed by atoms with Gasteiger partial charge in [-0.25, -0.2) is 8.78 Å². The van der Waals surface area contributed by atoms with E-state index in [4.69, 9.17) is 4.74 Å². The van der Waals surface area contributed by atoms with Crippen LogP contribution in [0.3, 0.4) is 0 Å². The largest absolute Gasteiger partial charge is 0.483 e. The lowest BCUT2D eigenvalue weighted by Crippen LogP contribution is -2.30. The highest BCUT2D eigenvalue weighted by molar-refractivity contribution is 5.85. The van der Waals surface area contributed by atoms with Crippen LogP contribution in [-0.4, -0.2) is 6.61 Å². The molecular formula is C27H34F2O. The number of halogens is 2. The van der Waals surface area contributed by atoms with Crippen molar-refractivity contribution < 1.29 is 13.5 Å². The number of hydrogen-bond donors (Lipinski definition) is 0. The van der Waals surface area contributed by atoms with Gasteiger partial charge in [-0.2, -0.15) is 0 Å². The summed E-state index contributed by atoms with van der Waals surface area (Å²) in [6, 6.07) is 7.24. The standard InChI is InChI=1S/C27H34F2O/c1-3-5-6-18-7-8-20-15-21(10-9-19(20)14-18)22-11-12-24-23(16-22)17-25(28)27(26(24)29)30-13-4-2/h4,11-12,16-21H,2-3,5-10,13-15H2,1H3. The summed E-state index contributed by atoms with van der Waals surface area (Å²) < 4.78 is 34.4. The van der Waals surface area contributed by atoms with Crippen LogP contribution in [0.2, 0.25) is 0 Å². The van der Waals surface area contributed by atoms with Gasteiger partial charge in [-0.1, -0.05) is 63.5 Å². The van der Waals surface area contributed by atoms with Crippen LogP contribution in [0, 0.1) is 29.4 Å². The van der Waals surface area contributed by atoms with Crippen LogP contribution in [0.1, 0.15) is 76.2 Å². The zero-order valence-electron chi connectivity index (χ0n) is 18.1. The molecule has 4 unspecified atom stereocenters. The number of hydrogen-bond acceptors (Lipinski definition) is 1. The smallest absolute Gasteiger partial charge is 0.191 e. The number of fused-ring (bicyclic) bond motifs is 2. The molecule has 30 heavy (non-hydrogen) atoms. The van der Waals surface area contributed by atoms with E-state index in [0.717, 1.165) is 17.8 Å². The first kappa shape index (κ1) is 21.3. The first-order valence-corrected chi connectivity index (χ1v) is 11.8. The van der Waals surface area contributed by atoms with E-state index in [9.17, 15) is 8.78 Å². The number of unbranched alkanes of at least 4 members (excludes halogenated alkanes) is 1. The molecule has 4 rings (SSSR count). The second-order valence-electron chi connectivity index (χ2n) is 9.43. The highest BCUT2D eigenvalue weighted by atomic mass is 19.1. The van der Waals surface area contributed by atoms with Crippen molar-refractivity contribution in [3.63, 3.8) is 0 Å². The van der Waals surface area contributed by atoms with Gasteiger partial charge in [0.25, 0.3) is 0 Å². The maximum atomic E-state index is 14.8. The Morgan fingerprint density at radius 3 is 2.67 bits per heavy atom. The van der Waals surface area contributed by atoms with Gasteiger partial charge in [0.1, 0.15) is 6.61 Å². The van der Waals surface area contributed by atoms with Gasteiger partial charge < -0.3 is 4.74 Å². The average molecular weight is 413 g/mol.